The van der Waals surface area contributed by atoms with Crippen LogP contribution in [0.3, 0.4) is 0 Å². The number of hydrogen-bond donors (Lipinski definition) is 2. The predicted octanol–water partition coefficient (Wildman–Crippen LogP) is 2.48. The number of nitrogens with one attached hydrogen (secondary N) is 2. The summed E-state index contributed by atoms with van der Waals surface area (Å²) in [4.78, 5) is 6.77. The summed E-state index contributed by atoms with van der Waals surface area (Å²) >= 11 is 6.30. The highest BCUT2D eigenvalue weighted by Crippen LogP contribution is 2.31. The maximum absolute atomic E-state index is 6.30. The lowest BCUT2D eigenvalue weighted by Crippen LogP contribution is -2.52. The van der Waals surface area contributed by atoms with Gasteiger partial charge in [0, 0.05) is 44.0 Å². The van der Waals surface area contributed by atoms with Crippen molar-refractivity contribution < 1.29 is 4.74 Å². The van der Waals surface area contributed by atoms with Crippen LogP contribution in [0.1, 0.15) is 25.7 Å². The second kappa shape index (κ2) is 8.87. The minimum Gasteiger partial charge on any atom is -0.379 e. The first-order chi connectivity index (χ1) is 11.8. The first-order valence-electron chi connectivity index (χ1n) is 9.24. The van der Waals surface area contributed by atoms with Gasteiger partial charge in [-0.05, 0) is 37.3 Å². The van der Waals surface area contributed by atoms with E-state index in [4.69, 9.17) is 16.3 Å². The third-order valence-corrected chi connectivity index (χ3v) is 6.01. The van der Waals surface area contributed by atoms with Crippen LogP contribution >= 0.6 is 24.0 Å². The van der Waals surface area contributed by atoms with Crippen molar-refractivity contribution in [3.05, 3.63) is 23.4 Å². The van der Waals surface area contributed by atoms with Crippen molar-refractivity contribution >= 4 is 29.8 Å². The number of pyridine rings is 1. The maximum Gasteiger partial charge on any atom is 0.147 e. The number of hydrogen-bond acceptors (Lipinski definition) is 5. The minimum absolute atomic E-state index is 0. The van der Waals surface area contributed by atoms with E-state index in [-0.39, 0.29) is 12.4 Å². The molecule has 0 bridgehead atoms. The Balaban J connectivity index is 0.00000182. The molecule has 3 heterocycles. The molecule has 4 unspecified atom stereocenters. The van der Waals surface area contributed by atoms with Crippen LogP contribution in [0.15, 0.2) is 18.3 Å². The average Bonchev–Trinajstić information content (AvgIpc) is 3.26. The van der Waals surface area contributed by atoms with Gasteiger partial charge in [-0.2, -0.15) is 0 Å². The highest BCUT2D eigenvalue weighted by molar-refractivity contribution is 6.32. The van der Waals surface area contributed by atoms with Gasteiger partial charge in [0.15, 0.2) is 0 Å². The molecule has 2 aliphatic heterocycles. The number of rotatable bonds is 4. The quantitative estimate of drug-likeness (QED) is 0.832. The molecule has 25 heavy (non-hydrogen) atoms. The smallest absolute Gasteiger partial charge is 0.147 e. The highest BCUT2D eigenvalue weighted by Gasteiger charge is 2.37. The molecule has 0 spiro atoms. The first kappa shape index (κ1) is 19.2. The van der Waals surface area contributed by atoms with Crippen molar-refractivity contribution in [2.24, 2.45) is 5.92 Å². The van der Waals surface area contributed by atoms with Gasteiger partial charge in [-0.1, -0.05) is 18.0 Å². The van der Waals surface area contributed by atoms with Gasteiger partial charge in [-0.3, -0.25) is 0 Å². The van der Waals surface area contributed by atoms with E-state index in [1.54, 1.807) is 0 Å². The number of nitrogens with zero attached hydrogens (tertiary/aromatic N) is 2. The third-order valence-electron chi connectivity index (χ3n) is 5.71. The lowest BCUT2D eigenvalue weighted by Gasteiger charge is -2.34. The van der Waals surface area contributed by atoms with E-state index < -0.39 is 0 Å². The van der Waals surface area contributed by atoms with E-state index in [9.17, 15) is 0 Å². The average molecular weight is 387 g/mol. The zero-order chi connectivity index (χ0) is 16.4. The van der Waals surface area contributed by atoms with Crippen LogP contribution < -0.4 is 15.5 Å². The molecule has 7 heteroatoms. The van der Waals surface area contributed by atoms with Crippen molar-refractivity contribution in [1.82, 2.24) is 15.6 Å². The monoisotopic (exact) mass is 386 g/mol. The summed E-state index contributed by atoms with van der Waals surface area (Å²) in [5, 5.41) is 8.34. The lowest BCUT2D eigenvalue weighted by atomic mass is 9.93. The number of ether oxygens (including phenoxy) is 1. The SMILES string of the molecule is Cl.Clc1cccnc1N1CCC(NC2CCCC2C2COCCN2)C1. The van der Waals surface area contributed by atoms with Gasteiger partial charge in [0.2, 0.25) is 0 Å². The second-order valence-electron chi connectivity index (χ2n) is 7.24. The molecular weight excluding hydrogens is 359 g/mol. The first-order valence-corrected chi connectivity index (χ1v) is 9.61. The van der Waals surface area contributed by atoms with Crippen LogP contribution in [-0.2, 0) is 4.74 Å². The van der Waals surface area contributed by atoms with Crippen LogP contribution in [0.25, 0.3) is 0 Å². The molecule has 4 atom stereocenters. The van der Waals surface area contributed by atoms with Gasteiger partial charge < -0.3 is 20.3 Å². The fourth-order valence-electron chi connectivity index (χ4n) is 4.54. The molecule has 2 N–H and O–H groups in total. The molecule has 0 aromatic carbocycles. The van der Waals surface area contributed by atoms with E-state index in [0.29, 0.717) is 24.0 Å². The Morgan fingerprint density at radius 1 is 1.32 bits per heavy atom. The fourth-order valence-corrected chi connectivity index (χ4v) is 4.78. The molecule has 3 fully saturated rings. The second-order valence-corrected chi connectivity index (χ2v) is 7.65. The van der Waals surface area contributed by atoms with Gasteiger partial charge in [-0.25, -0.2) is 4.98 Å². The van der Waals surface area contributed by atoms with Gasteiger partial charge >= 0.3 is 0 Å². The number of anilines is 1. The summed E-state index contributed by atoms with van der Waals surface area (Å²) in [5.41, 5.74) is 0. The van der Waals surface area contributed by atoms with Gasteiger partial charge in [0.05, 0.1) is 18.2 Å². The Morgan fingerprint density at radius 3 is 3.04 bits per heavy atom. The topological polar surface area (TPSA) is 49.4 Å². The molecular formula is C18H28Cl2N4O. The summed E-state index contributed by atoms with van der Waals surface area (Å²) in [7, 11) is 0. The zero-order valence-corrected chi connectivity index (χ0v) is 16.1. The standard InChI is InChI=1S/C18H27ClN4O.ClH/c19-15-4-2-7-21-18(15)23-9-6-13(11-23)22-16-5-1-3-14(16)17-12-24-10-8-20-17;/h2,4,7,13-14,16-17,20,22H,1,3,5-6,8-12H2;1H. The lowest BCUT2D eigenvalue weighted by molar-refractivity contribution is 0.0518. The molecule has 5 nitrogen and oxygen atoms in total. The molecule has 0 radical (unpaired) electrons. The molecule has 140 valence electrons. The molecule has 0 amide bonds. The van der Waals surface area contributed by atoms with Crippen LogP contribution in [0.4, 0.5) is 5.82 Å². The Kier molecular flexibility index (Phi) is 6.80. The normalized spacial score (nSPS) is 32.6. The molecule has 4 rings (SSSR count). The van der Waals surface area contributed by atoms with Crippen molar-refractivity contribution in [3.8, 4) is 0 Å². The molecule has 1 saturated carbocycles. The summed E-state index contributed by atoms with van der Waals surface area (Å²) in [5.74, 6) is 1.62. The molecule has 1 aromatic rings. The molecule has 1 aromatic heterocycles. The Morgan fingerprint density at radius 2 is 2.24 bits per heavy atom. The summed E-state index contributed by atoms with van der Waals surface area (Å²) in [6, 6.07) is 5.46. The van der Waals surface area contributed by atoms with Crippen molar-refractivity contribution in [2.45, 2.75) is 43.8 Å². The number of morpholine rings is 1. The zero-order valence-electron chi connectivity index (χ0n) is 14.5. The molecule has 2 saturated heterocycles. The Labute approximate surface area is 161 Å². The predicted molar refractivity (Wildman–Crippen MR) is 104 cm³/mol. The number of halogens is 2. The van der Waals surface area contributed by atoms with Gasteiger partial charge in [0.1, 0.15) is 5.82 Å². The van der Waals surface area contributed by atoms with Crippen LogP contribution in [-0.4, -0.2) is 56.0 Å². The van der Waals surface area contributed by atoms with Crippen molar-refractivity contribution in [1.29, 1.82) is 0 Å². The summed E-state index contributed by atoms with van der Waals surface area (Å²) in [6.45, 7) is 4.72. The van der Waals surface area contributed by atoms with Crippen LogP contribution in [0.2, 0.25) is 5.02 Å². The fraction of sp³-hybridized carbons (Fsp3) is 0.722. The van der Waals surface area contributed by atoms with E-state index in [1.807, 2.05) is 18.3 Å². The maximum atomic E-state index is 6.30. The van der Waals surface area contributed by atoms with Gasteiger partial charge in [0.25, 0.3) is 0 Å². The van der Waals surface area contributed by atoms with E-state index in [0.717, 1.165) is 50.1 Å². The van der Waals surface area contributed by atoms with E-state index in [2.05, 4.69) is 20.5 Å². The Bertz CT molecular complexity index is 556. The largest absolute Gasteiger partial charge is 0.379 e. The number of aromatic nitrogens is 1. The molecule has 3 aliphatic rings. The van der Waals surface area contributed by atoms with Crippen molar-refractivity contribution in [2.75, 3.05) is 37.7 Å². The van der Waals surface area contributed by atoms with Crippen molar-refractivity contribution in [3.63, 3.8) is 0 Å². The highest BCUT2D eigenvalue weighted by atomic mass is 35.5. The summed E-state index contributed by atoms with van der Waals surface area (Å²) < 4.78 is 5.68. The molecule has 1 aliphatic carbocycles. The van der Waals surface area contributed by atoms with E-state index >= 15 is 0 Å². The van der Waals surface area contributed by atoms with Crippen LogP contribution in [0.5, 0.6) is 0 Å². The van der Waals surface area contributed by atoms with Crippen LogP contribution in [0, 0.1) is 5.92 Å². The minimum atomic E-state index is 0. The Hall–Kier alpha value is -0.590. The van der Waals surface area contributed by atoms with Gasteiger partial charge in [-0.15, -0.1) is 12.4 Å². The third kappa shape index (κ3) is 4.40. The van der Waals surface area contributed by atoms with E-state index in [1.165, 1.54) is 19.3 Å². The summed E-state index contributed by atoms with van der Waals surface area (Å²) in [6.07, 6.45) is 6.89.